The average Bonchev–Trinajstić information content (AvgIpc) is 2.21. The molecule has 74 valence electrons. The van der Waals surface area contributed by atoms with Gasteiger partial charge < -0.3 is 0 Å². The molecule has 1 atom stereocenters. The van der Waals surface area contributed by atoms with Crippen LogP contribution < -0.4 is 0 Å². The van der Waals surface area contributed by atoms with E-state index in [-0.39, 0.29) is 13.3 Å². The Kier molecular flexibility index (Phi) is 7.88. The minimum Gasteiger partial charge on any atom is -0.0654 e. The van der Waals surface area contributed by atoms with Gasteiger partial charge in [0.25, 0.3) is 0 Å². The maximum Gasteiger partial charge on any atom is 0.0264 e. The normalized spacial score (nSPS) is 15.4. The van der Waals surface area contributed by atoms with E-state index < -0.39 is 0 Å². The lowest BCUT2D eigenvalue weighted by Crippen LogP contribution is -1.80. The Morgan fingerprint density at radius 3 is 1.83 bits per heavy atom. The van der Waals surface area contributed by atoms with Crippen molar-refractivity contribution < 1.29 is 2.74 Å². The van der Waals surface area contributed by atoms with Gasteiger partial charge in [-0.1, -0.05) is 78.0 Å². The van der Waals surface area contributed by atoms with E-state index >= 15 is 0 Å². The molecule has 0 heterocycles. The molecule has 0 saturated carbocycles. The van der Waals surface area contributed by atoms with Gasteiger partial charge in [0, 0.05) is 2.74 Å². The predicted molar refractivity (Wildman–Crippen MR) is 57.5 cm³/mol. The number of rotatable bonds is 9. The van der Waals surface area contributed by atoms with Gasteiger partial charge in [0.05, 0.1) is 0 Å². The Hall–Kier alpha value is 0. The first-order chi connectivity index (χ1) is 6.81. The molecule has 0 saturated heterocycles. The molecule has 12 heavy (non-hydrogen) atoms. The highest BCUT2D eigenvalue weighted by molar-refractivity contribution is 4.45. The van der Waals surface area contributed by atoms with Crippen LogP contribution in [0.25, 0.3) is 0 Å². The van der Waals surface area contributed by atoms with Crippen LogP contribution in [-0.2, 0) is 0 Å². The fourth-order valence-electron chi connectivity index (χ4n) is 1.42. The van der Waals surface area contributed by atoms with Crippen molar-refractivity contribution >= 4 is 0 Å². The summed E-state index contributed by atoms with van der Waals surface area (Å²) in [6.45, 7) is 2.52. The highest BCUT2D eigenvalue weighted by Crippen LogP contribution is 2.09. The quantitative estimate of drug-likeness (QED) is 0.433. The molecule has 0 amide bonds. The molecule has 0 aromatic heterocycles. The largest absolute Gasteiger partial charge is 0.0654 e. The molecule has 0 aromatic rings. The second-order valence-electron chi connectivity index (χ2n) is 3.55. The van der Waals surface area contributed by atoms with Gasteiger partial charge in [-0.15, -0.1) is 0 Å². The SMILES string of the molecule is [2H]CC([2H])CCCCCCCCCC. The lowest BCUT2D eigenvalue weighted by atomic mass is 10.1. The van der Waals surface area contributed by atoms with Gasteiger partial charge in [0.15, 0.2) is 0 Å². The molecule has 0 spiro atoms. The summed E-state index contributed by atoms with van der Waals surface area (Å²) in [7, 11) is 0. The zero-order chi connectivity index (χ0) is 10.6. The van der Waals surface area contributed by atoms with Crippen molar-refractivity contribution in [3.63, 3.8) is 0 Å². The van der Waals surface area contributed by atoms with E-state index in [1.54, 1.807) is 0 Å². The van der Waals surface area contributed by atoms with Crippen LogP contribution in [0.3, 0.4) is 0 Å². The van der Waals surface area contributed by atoms with Crippen molar-refractivity contribution in [1.29, 1.82) is 0 Å². The molecule has 0 heteroatoms. The van der Waals surface area contributed by atoms with Gasteiger partial charge in [0.1, 0.15) is 0 Å². The van der Waals surface area contributed by atoms with Gasteiger partial charge in [-0.25, -0.2) is 0 Å². The Balaban J connectivity index is 2.92. The van der Waals surface area contributed by atoms with Crippen LogP contribution in [0.15, 0.2) is 0 Å². The molecule has 1 unspecified atom stereocenters. The molecular formula is C12H26. The first-order valence-electron chi connectivity index (χ1n) is 6.81. The Morgan fingerprint density at radius 1 is 0.833 bits per heavy atom. The summed E-state index contributed by atoms with van der Waals surface area (Å²) in [6.07, 6.45) is 11.4. The van der Waals surface area contributed by atoms with Crippen molar-refractivity contribution in [2.24, 2.45) is 0 Å². The monoisotopic (exact) mass is 172 g/mol. The van der Waals surface area contributed by atoms with E-state index in [4.69, 9.17) is 2.74 Å². The highest BCUT2D eigenvalue weighted by atomic mass is 14.0. The fourth-order valence-corrected chi connectivity index (χ4v) is 1.42. The molecule has 0 aromatic carbocycles. The fraction of sp³-hybridized carbons (Fsp3) is 1.00. The zero-order valence-corrected chi connectivity index (χ0v) is 8.65. The molecule has 0 radical (unpaired) electrons. The standard InChI is InChI=1S/C12H26/c1-3-5-7-9-11-12-10-8-6-4-2/h3-12H2,1-2H3/i1D,3D. The van der Waals surface area contributed by atoms with Crippen LogP contribution >= 0.6 is 0 Å². The lowest BCUT2D eigenvalue weighted by molar-refractivity contribution is 0.562. The number of hydrogen-bond acceptors (Lipinski definition) is 0. The highest BCUT2D eigenvalue weighted by Gasteiger charge is 1.90. The summed E-state index contributed by atoms with van der Waals surface area (Å²) in [6, 6.07) is 0. The first-order valence-corrected chi connectivity index (χ1v) is 5.52. The van der Waals surface area contributed by atoms with E-state index in [9.17, 15) is 0 Å². The van der Waals surface area contributed by atoms with E-state index in [0.717, 1.165) is 12.8 Å². The molecule has 0 nitrogen and oxygen atoms in total. The molecule has 0 aliphatic carbocycles. The lowest BCUT2D eigenvalue weighted by Gasteiger charge is -1.99. The summed E-state index contributed by atoms with van der Waals surface area (Å²) in [5.74, 6) is 0. The van der Waals surface area contributed by atoms with Crippen LogP contribution in [0.4, 0.5) is 0 Å². The minimum absolute atomic E-state index is 0.130. The average molecular weight is 172 g/mol. The van der Waals surface area contributed by atoms with E-state index in [1.165, 1.54) is 44.9 Å². The predicted octanol–water partition coefficient (Wildman–Crippen LogP) is 4.93. The van der Waals surface area contributed by atoms with Gasteiger partial charge in [-0.2, -0.15) is 0 Å². The molecule has 0 N–H and O–H groups in total. The van der Waals surface area contributed by atoms with Gasteiger partial charge in [-0.3, -0.25) is 0 Å². The van der Waals surface area contributed by atoms with E-state index in [2.05, 4.69) is 6.92 Å². The van der Waals surface area contributed by atoms with Crippen LogP contribution in [0.1, 0.15) is 80.7 Å². The molecule has 0 aliphatic rings. The second-order valence-corrected chi connectivity index (χ2v) is 3.55. The maximum atomic E-state index is 7.40. The number of hydrogen-bond donors (Lipinski definition) is 0. The van der Waals surface area contributed by atoms with Crippen LogP contribution in [0.5, 0.6) is 0 Å². The zero-order valence-electron chi connectivity index (χ0n) is 10.6. The summed E-state index contributed by atoms with van der Waals surface area (Å²) in [4.78, 5) is 0. The molecule has 0 fully saturated rings. The summed E-state index contributed by atoms with van der Waals surface area (Å²) in [5.41, 5.74) is 0. The van der Waals surface area contributed by atoms with Crippen LogP contribution in [0, 0.1) is 0 Å². The van der Waals surface area contributed by atoms with Gasteiger partial charge in [-0.05, 0) is 0 Å². The smallest absolute Gasteiger partial charge is 0.0264 e. The Labute approximate surface area is 81.6 Å². The minimum atomic E-state index is -0.130. The van der Waals surface area contributed by atoms with E-state index in [1.807, 2.05) is 0 Å². The molecular weight excluding hydrogens is 144 g/mol. The Bertz CT molecular complexity index is 104. The summed E-state index contributed by atoms with van der Waals surface area (Å²) >= 11 is 0. The van der Waals surface area contributed by atoms with Gasteiger partial charge >= 0.3 is 0 Å². The third-order valence-corrected chi connectivity index (χ3v) is 2.26. The Morgan fingerprint density at radius 2 is 1.33 bits per heavy atom. The van der Waals surface area contributed by atoms with Crippen molar-refractivity contribution in [3.8, 4) is 0 Å². The number of unbranched alkanes of at least 4 members (excludes halogenated alkanes) is 7. The van der Waals surface area contributed by atoms with Crippen molar-refractivity contribution in [2.45, 2.75) is 78.0 Å². The maximum absolute atomic E-state index is 7.40. The third kappa shape index (κ3) is 10.0. The summed E-state index contributed by atoms with van der Waals surface area (Å²) in [5, 5.41) is 0. The second kappa shape index (κ2) is 11.0. The molecule has 0 rings (SSSR count). The topological polar surface area (TPSA) is 0 Å². The van der Waals surface area contributed by atoms with E-state index in [0.29, 0.717) is 0 Å². The van der Waals surface area contributed by atoms with Crippen molar-refractivity contribution in [2.75, 3.05) is 0 Å². The van der Waals surface area contributed by atoms with Crippen molar-refractivity contribution in [1.82, 2.24) is 0 Å². The molecule has 0 bridgehead atoms. The first kappa shape index (κ1) is 8.59. The third-order valence-electron chi connectivity index (χ3n) is 2.26. The molecule has 0 aliphatic heterocycles. The van der Waals surface area contributed by atoms with Crippen LogP contribution in [-0.4, -0.2) is 0 Å². The van der Waals surface area contributed by atoms with Crippen molar-refractivity contribution in [3.05, 3.63) is 0 Å². The summed E-state index contributed by atoms with van der Waals surface area (Å²) < 4.78 is 14.4. The van der Waals surface area contributed by atoms with Crippen LogP contribution in [0.2, 0.25) is 0 Å². The van der Waals surface area contributed by atoms with Gasteiger partial charge in [0.2, 0.25) is 0 Å².